The van der Waals surface area contributed by atoms with Crippen molar-refractivity contribution in [1.29, 1.82) is 0 Å². The third-order valence-corrected chi connectivity index (χ3v) is 5.98. The Morgan fingerprint density at radius 3 is 2.40 bits per heavy atom. The molecule has 0 saturated carbocycles. The molecule has 35 heavy (non-hydrogen) atoms. The summed E-state index contributed by atoms with van der Waals surface area (Å²) in [6.07, 6.45) is 0.498. The van der Waals surface area contributed by atoms with Gasteiger partial charge in [-0.25, -0.2) is 4.68 Å². The molecule has 0 fully saturated rings. The van der Waals surface area contributed by atoms with Gasteiger partial charge in [-0.05, 0) is 49.7 Å². The third-order valence-electron chi connectivity index (χ3n) is 5.98. The minimum absolute atomic E-state index is 0.0727. The molecule has 3 aromatic carbocycles. The van der Waals surface area contributed by atoms with Crippen LogP contribution in [0.5, 0.6) is 5.75 Å². The Kier molecular flexibility index (Phi) is 6.30. The number of anilines is 2. The van der Waals surface area contributed by atoms with E-state index in [0.29, 0.717) is 24.5 Å². The number of rotatable bonds is 7. The molecule has 2 amide bonds. The van der Waals surface area contributed by atoms with Gasteiger partial charge >= 0.3 is 0 Å². The molecule has 4 aromatic rings. The number of aromatic nitrogens is 2. The Bertz CT molecular complexity index is 1330. The van der Waals surface area contributed by atoms with Gasteiger partial charge in [-0.2, -0.15) is 5.10 Å². The lowest BCUT2D eigenvalue weighted by Gasteiger charge is -2.23. The molecular weight excluding hydrogens is 440 g/mol. The fraction of sp³-hybridized carbons (Fsp3) is 0.179. The molecule has 1 aliphatic heterocycles. The van der Waals surface area contributed by atoms with Gasteiger partial charge in [0, 0.05) is 23.2 Å². The summed E-state index contributed by atoms with van der Waals surface area (Å²) < 4.78 is 7.21. The Hall–Kier alpha value is -4.39. The van der Waals surface area contributed by atoms with Crippen LogP contribution >= 0.6 is 0 Å². The average Bonchev–Trinajstić information content (AvgIpc) is 3.25. The molecule has 5 rings (SSSR count). The number of fused-ring (bicyclic) bond motifs is 1. The molecule has 2 N–H and O–H groups in total. The van der Waals surface area contributed by atoms with Crippen molar-refractivity contribution in [3.8, 4) is 22.7 Å². The summed E-state index contributed by atoms with van der Waals surface area (Å²) in [7, 11) is 0. The maximum absolute atomic E-state index is 13.0. The summed E-state index contributed by atoms with van der Waals surface area (Å²) in [5, 5.41) is 10.8. The van der Waals surface area contributed by atoms with Gasteiger partial charge in [0.1, 0.15) is 11.6 Å². The van der Waals surface area contributed by atoms with E-state index in [2.05, 4.69) is 10.6 Å². The molecule has 0 aliphatic carbocycles. The van der Waals surface area contributed by atoms with Crippen molar-refractivity contribution in [3.63, 3.8) is 0 Å². The maximum Gasteiger partial charge on any atom is 0.229 e. The number of para-hydroxylation sites is 1. The van der Waals surface area contributed by atoms with Gasteiger partial charge in [0.15, 0.2) is 0 Å². The highest BCUT2D eigenvalue weighted by molar-refractivity contribution is 6.01. The van der Waals surface area contributed by atoms with Crippen LogP contribution in [-0.4, -0.2) is 28.2 Å². The Labute approximate surface area is 203 Å². The SMILES string of the molecule is CCOc1ccc(NC(=O)CC2Cc3c(-c4ccccc4)nn(-c4ccccc4)c3NC2=O)cc1. The summed E-state index contributed by atoms with van der Waals surface area (Å²) in [5.74, 6) is 0.503. The predicted molar refractivity (Wildman–Crippen MR) is 136 cm³/mol. The van der Waals surface area contributed by atoms with Crippen LogP contribution in [-0.2, 0) is 16.0 Å². The number of ether oxygens (including phenoxy) is 1. The molecule has 1 aliphatic rings. The molecule has 1 unspecified atom stereocenters. The molecule has 7 nitrogen and oxygen atoms in total. The molecule has 0 radical (unpaired) electrons. The lowest BCUT2D eigenvalue weighted by Crippen LogP contribution is -2.33. The topological polar surface area (TPSA) is 85.2 Å². The van der Waals surface area contributed by atoms with Crippen LogP contribution in [0.3, 0.4) is 0 Å². The number of nitrogens with zero attached hydrogens (tertiary/aromatic N) is 2. The van der Waals surface area contributed by atoms with E-state index in [9.17, 15) is 9.59 Å². The van der Waals surface area contributed by atoms with Gasteiger partial charge in [0.05, 0.1) is 23.9 Å². The molecule has 0 saturated heterocycles. The van der Waals surface area contributed by atoms with Crippen molar-refractivity contribution in [3.05, 3.63) is 90.5 Å². The van der Waals surface area contributed by atoms with Crippen molar-refractivity contribution < 1.29 is 14.3 Å². The molecule has 7 heteroatoms. The van der Waals surface area contributed by atoms with E-state index in [0.717, 1.165) is 28.3 Å². The van der Waals surface area contributed by atoms with Gasteiger partial charge in [-0.15, -0.1) is 0 Å². The fourth-order valence-corrected chi connectivity index (χ4v) is 4.32. The zero-order chi connectivity index (χ0) is 24.2. The second kappa shape index (κ2) is 9.85. The summed E-state index contributed by atoms with van der Waals surface area (Å²) in [4.78, 5) is 25.8. The minimum atomic E-state index is -0.499. The molecule has 1 atom stereocenters. The highest BCUT2D eigenvalue weighted by atomic mass is 16.5. The Morgan fingerprint density at radius 2 is 1.71 bits per heavy atom. The largest absolute Gasteiger partial charge is 0.494 e. The van der Waals surface area contributed by atoms with E-state index >= 15 is 0 Å². The van der Waals surface area contributed by atoms with Crippen molar-refractivity contribution in [2.45, 2.75) is 19.8 Å². The molecule has 0 spiro atoms. The second-order valence-corrected chi connectivity index (χ2v) is 8.39. The monoisotopic (exact) mass is 466 g/mol. The minimum Gasteiger partial charge on any atom is -0.494 e. The fourth-order valence-electron chi connectivity index (χ4n) is 4.32. The zero-order valence-electron chi connectivity index (χ0n) is 19.4. The predicted octanol–water partition coefficient (Wildman–Crippen LogP) is 5.08. The van der Waals surface area contributed by atoms with Gasteiger partial charge in [-0.3, -0.25) is 9.59 Å². The number of hydrogen-bond acceptors (Lipinski definition) is 4. The van der Waals surface area contributed by atoms with E-state index in [1.807, 2.05) is 79.7 Å². The van der Waals surface area contributed by atoms with Gasteiger partial charge in [0.2, 0.25) is 11.8 Å². The normalized spacial score (nSPS) is 14.7. The van der Waals surface area contributed by atoms with Crippen molar-refractivity contribution in [1.82, 2.24) is 9.78 Å². The molecule has 176 valence electrons. The standard InChI is InChI=1S/C28H26N4O3/c1-2-35-23-15-13-21(14-16-23)29-25(33)18-20-17-24-26(19-9-5-3-6-10-19)31-32(27(24)30-28(20)34)22-11-7-4-8-12-22/h3-16,20H,2,17-18H2,1H3,(H,29,33)(H,30,34). The van der Waals surface area contributed by atoms with Crippen LogP contribution in [0.2, 0.25) is 0 Å². The number of amides is 2. The van der Waals surface area contributed by atoms with E-state index in [1.165, 1.54) is 0 Å². The maximum atomic E-state index is 13.0. The molecule has 2 heterocycles. The summed E-state index contributed by atoms with van der Waals surface area (Å²) in [6.45, 7) is 2.50. The quantitative estimate of drug-likeness (QED) is 0.398. The van der Waals surface area contributed by atoms with Crippen LogP contribution in [0, 0.1) is 5.92 Å². The van der Waals surface area contributed by atoms with E-state index in [1.54, 1.807) is 16.8 Å². The first-order valence-corrected chi connectivity index (χ1v) is 11.7. The van der Waals surface area contributed by atoms with Crippen molar-refractivity contribution in [2.24, 2.45) is 5.92 Å². The highest BCUT2D eigenvalue weighted by Crippen LogP contribution is 2.37. The number of carbonyl (C=O) groups excluding carboxylic acids is 2. The average molecular weight is 467 g/mol. The first-order valence-electron chi connectivity index (χ1n) is 11.7. The highest BCUT2D eigenvalue weighted by Gasteiger charge is 2.34. The number of carbonyl (C=O) groups is 2. The number of nitrogens with one attached hydrogen (secondary N) is 2. The van der Waals surface area contributed by atoms with Gasteiger partial charge in [-0.1, -0.05) is 48.5 Å². The molecule has 0 bridgehead atoms. The van der Waals surface area contributed by atoms with Crippen LogP contribution in [0.15, 0.2) is 84.9 Å². The third kappa shape index (κ3) is 4.80. The summed E-state index contributed by atoms with van der Waals surface area (Å²) in [6, 6.07) is 26.8. The van der Waals surface area contributed by atoms with E-state index < -0.39 is 5.92 Å². The second-order valence-electron chi connectivity index (χ2n) is 8.39. The first kappa shape index (κ1) is 22.4. The van der Waals surface area contributed by atoms with Gasteiger partial charge < -0.3 is 15.4 Å². The number of hydrogen-bond donors (Lipinski definition) is 2. The van der Waals surface area contributed by atoms with Crippen molar-refractivity contribution >= 4 is 23.3 Å². The van der Waals surface area contributed by atoms with Gasteiger partial charge in [0.25, 0.3) is 0 Å². The lowest BCUT2D eigenvalue weighted by molar-refractivity contribution is -0.125. The van der Waals surface area contributed by atoms with Crippen LogP contribution in [0.1, 0.15) is 18.9 Å². The van der Waals surface area contributed by atoms with Crippen LogP contribution in [0.25, 0.3) is 16.9 Å². The lowest BCUT2D eigenvalue weighted by atomic mass is 9.90. The van der Waals surface area contributed by atoms with E-state index in [4.69, 9.17) is 9.84 Å². The van der Waals surface area contributed by atoms with Crippen LogP contribution < -0.4 is 15.4 Å². The first-order chi connectivity index (χ1) is 17.1. The number of benzene rings is 3. The Morgan fingerprint density at radius 1 is 1.03 bits per heavy atom. The summed E-state index contributed by atoms with van der Waals surface area (Å²) in [5.41, 5.74) is 4.22. The Balaban J connectivity index is 1.40. The molecule has 1 aromatic heterocycles. The van der Waals surface area contributed by atoms with E-state index in [-0.39, 0.29) is 18.2 Å². The van der Waals surface area contributed by atoms with Crippen molar-refractivity contribution in [2.75, 3.05) is 17.2 Å². The smallest absolute Gasteiger partial charge is 0.229 e. The van der Waals surface area contributed by atoms with Crippen LogP contribution in [0.4, 0.5) is 11.5 Å². The molecular formula is C28H26N4O3. The summed E-state index contributed by atoms with van der Waals surface area (Å²) >= 11 is 0. The zero-order valence-corrected chi connectivity index (χ0v) is 19.4.